The Balaban J connectivity index is 2.78. The van der Waals surface area contributed by atoms with Gasteiger partial charge in [-0.25, -0.2) is 8.42 Å². The summed E-state index contributed by atoms with van der Waals surface area (Å²) in [5.74, 6) is 1.91. The van der Waals surface area contributed by atoms with Crippen molar-refractivity contribution in [2.24, 2.45) is 5.73 Å². The van der Waals surface area contributed by atoms with Crippen LogP contribution in [0.5, 0.6) is 0 Å². The van der Waals surface area contributed by atoms with E-state index in [1.807, 2.05) is 12.1 Å². The molecule has 0 aliphatic heterocycles. The van der Waals surface area contributed by atoms with Gasteiger partial charge in [-0.2, -0.15) is 0 Å². The summed E-state index contributed by atoms with van der Waals surface area (Å²) in [5, 5.41) is 0. The molecule has 0 amide bonds. The summed E-state index contributed by atoms with van der Waals surface area (Å²) < 4.78 is 22.8. The zero-order valence-electron chi connectivity index (χ0n) is 8.31. The molecular formula is C11H13NO2S. The molecule has 0 atom stereocenters. The third kappa shape index (κ3) is 3.74. The van der Waals surface area contributed by atoms with Crippen molar-refractivity contribution < 1.29 is 8.42 Å². The molecule has 0 spiro atoms. The van der Waals surface area contributed by atoms with E-state index in [0.717, 1.165) is 11.1 Å². The second-order valence-corrected chi connectivity index (χ2v) is 5.32. The molecule has 0 aliphatic carbocycles. The van der Waals surface area contributed by atoms with E-state index < -0.39 is 9.84 Å². The first-order chi connectivity index (χ1) is 7.07. The van der Waals surface area contributed by atoms with Crippen LogP contribution in [0.15, 0.2) is 24.3 Å². The van der Waals surface area contributed by atoms with Crippen molar-refractivity contribution in [3.05, 3.63) is 35.4 Å². The first-order valence-corrected chi connectivity index (χ1v) is 6.31. The molecule has 1 rings (SSSR count). The van der Waals surface area contributed by atoms with Gasteiger partial charge in [-0.1, -0.05) is 30.2 Å². The number of hydrogen-bond acceptors (Lipinski definition) is 3. The van der Waals surface area contributed by atoms with Crippen LogP contribution < -0.4 is 5.73 Å². The summed E-state index contributed by atoms with van der Waals surface area (Å²) in [5.41, 5.74) is 7.15. The van der Waals surface area contributed by atoms with Crippen molar-refractivity contribution in [2.75, 3.05) is 5.75 Å². The molecule has 0 radical (unpaired) electrons. The molecule has 0 unspecified atom stereocenters. The molecule has 0 saturated carbocycles. The average molecular weight is 223 g/mol. The summed E-state index contributed by atoms with van der Waals surface area (Å²) in [6.45, 7) is 0.456. The summed E-state index contributed by atoms with van der Waals surface area (Å²) >= 11 is 0. The standard InChI is InChI=1S/C11H13NO2S/c1-2-7-15(13,14)9-11-5-3-10(8-12)4-6-11/h1,3-6H,7-9,12H2. The molecule has 0 saturated heterocycles. The van der Waals surface area contributed by atoms with Crippen molar-refractivity contribution in [1.82, 2.24) is 0 Å². The Bertz CT molecular complexity index is 454. The lowest BCUT2D eigenvalue weighted by molar-refractivity contribution is 0.598. The lowest BCUT2D eigenvalue weighted by Gasteiger charge is -2.02. The Morgan fingerprint density at radius 1 is 1.20 bits per heavy atom. The van der Waals surface area contributed by atoms with Gasteiger partial charge in [0, 0.05) is 6.54 Å². The number of terminal acetylenes is 1. The maximum Gasteiger partial charge on any atom is 0.165 e. The van der Waals surface area contributed by atoms with Gasteiger partial charge < -0.3 is 5.73 Å². The molecule has 15 heavy (non-hydrogen) atoms. The van der Waals surface area contributed by atoms with Gasteiger partial charge in [0.15, 0.2) is 9.84 Å². The molecule has 1 aromatic carbocycles. The maximum absolute atomic E-state index is 11.4. The van der Waals surface area contributed by atoms with Crippen LogP contribution in [-0.2, 0) is 22.1 Å². The topological polar surface area (TPSA) is 60.2 Å². The quantitative estimate of drug-likeness (QED) is 0.764. The largest absolute Gasteiger partial charge is 0.326 e. The van der Waals surface area contributed by atoms with Crippen LogP contribution in [0.1, 0.15) is 11.1 Å². The number of rotatable bonds is 4. The van der Waals surface area contributed by atoms with E-state index in [-0.39, 0.29) is 11.5 Å². The molecule has 1 aromatic rings. The van der Waals surface area contributed by atoms with Gasteiger partial charge in [0.1, 0.15) is 5.75 Å². The SMILES string of the molecule is C#CCS(=O)(=O)Cc1ccc(CN)cc1. The van der Waals surface area contributed by atoms with Gasteiger partial charge in [-0.15, -0.1) is 6.42 Å². The predicted octanol–water partition coefficient (Wildman–Crippen LogP) is 0.693. The highest BCUT2D eigenvalue weighted by atomic mass is 32.2. The van der Waals surface area contributed by atoms with Crippen LogP contribution in [0.2, 0.25) is 0 Å². The molecule has 0 aromatic heterocycles. The minimum atomic E-state index is -3.17. The third-order valence-corrected chi connectivity index (χ3v) is 3.33. The minimum absolute atomic E-state index is 0.0119. The molecule has 0 heterocycles. The van der Waals surface area contributed by atoms with Crippen LogP contribution in [0.3, 0.4) is 0 Å². The molecule has 3 nitrogen and oxygen atoms in total. The fourth-order valence-electron chi connectivity index (χ4n) is 1.20. The molecule has 2 N–H and O–H groups in total. The Labute approximate surface area is 90.2 Å². The molecule has 0 aliphatic rings. The highest BCUT2D eigenvalue weighted by Gasteiger charge is 2.09. The summed E-state index contributed by atoms with van der Waals surface area (Å²) in [6.07, 6.45) is 4.97. The summed E-state index contributed by atoms with van der Waals surface area (Å²) in [6, 6.07) is 7.16. The van der Waals surface area contributed by atoms with Gasteiger partial charge in [-0.3, -0.25) is 0 Å². The van der Waals surface area contributed by atoms with E-state index in [4.69, 9.17) is 12.2 Å². The summed E-state index contributed by atoms with van der Waals surface area (Å²) in [4.78, 5) is 0. The van der Waals surface area contributed by atoms with Gasteiger partial charge in [-0.05, 0) is 11.1 Å². The number of nitrogens with two attached hydrogens (primary N) is 1. The lowest BCUT2D eigenvalue weighted by Crippen LogP contribution is -2.07. The molecule has 4 heteroatoms. The molecule has 0 fully saturated rings. The molecule has 0 bridgehead atoms. The average Bonchev–Trinajstić information content (AvgIpc) is 2.18. The number of sulfone groups is 1. The molecular weight excluding hydrogens is 210 g/mol. The highest BCUT2D eigenvalue weighted by molar-refractivity contribution is 7.90. The van der Waals surface area contributed by atoms with Gasteiger partial charge in [0.2, 0.25) is 0 Å². The first kappa shape index (κ1) is 11.8. The number of benzene rings is 1. The van der Waals surface area contributed by atoms with E-state index in [0.29, 0.717) is 6.54 Å². The van der Waals surface area contributed by atoms with Crippen LogP contribution >= 0.6 is 0 Å². The van der Waals surface area contributed by atoms with E-state index in [1.54, 1.807) is 12.1 Å². The molecule has 80 valence electrons. The zero-order chi connectivity index (χ0) is 11.3. The first-order valence-electron chi connectivity index (χ1n) is 4.49. The Morgan fingerprint density at radius 2 is 1.73 bits per heavy atom. The van der Waals surface area contributed by atoms with Crippen molar-refractivity contribution in [3.63, 3.8) is 0 Å². The van der Waals surface area contributed by atoms with Gasteiger partial charge in [0.05, 0.1) is 5.75 Å². The smallest absolute Gasteiger partial charge is 0.165 e. The van der Waals surface area contributed by atoms with Crippen molar-refractivity contribution in [2.45, 2.75) is 12.3 Å². The summed E-state index contributed by atoms with van der Waals surface area (Å²) in [7, 11) is -3.17. The van der Waals surface area contributed by atoms with Crippen LogP contribution in [0.25, 0.3) is 0 Å². The lowest BCUT2D eigenvalue weighted by atomic mass is 10.1. The van der Waals surface area contributed by atoms with E-state index in [9.17, 15) is 8.42 Å². The second-order valence-electron chi connectivity index (χ2n) is 3.26. The maximum atomic E-state index is 11.4. The minimum Gasteiger partial charge on any atom is -0.326 e. The van der Waals surface area contributed by atoms with Crippen molar-refractivity contribution in [1.29, 1.82) is 0 Å². The number of hydrogen-bond donors (Lipinski definition) is 1. The fraction of sp³-hybridized carbons (Fsp3) is 0.273. The van der Waals surface area contributed by atoms with E-state index in [2.05, 4.69) is 5.92 Å². The van der Waals surface area contributed by atoms with E-state index >= 15 is 0 Å². The third-order valence-electron chi connectivity index (χ3n) is 1.95. The second kappa shape index (κ2) is 4.96. The Kier molecular flexibility index (Phi) is 3.89. The van der Waals surface area contributed by atoms with Crippen LogP contribution in [0.4, 0.5) is 0 Å². The zero-order valence-corrected chi connectivity index (χ0v) is 9.13. The predicted molar refractivity (Wildman–Crippen MR) is 60.7 cm³/mol. The Morgan fingerprint density at radius 3 is 2.20 bits per heavy atom. The van der Waals surface area contributed by atoms with E-state index in [1.165, 1.54) is 0 Å². The monoisotopic (exact) mass is 223 g/mol. The van der Waals surface area contributed by atoms with Crippen LogP contribution in [-0.4, -0.2) is 14.2 Å². The van der Waals surface area contributed by atoms with Crippen LogP contribution in [0, 0.1) is 12.3 Å². The van der Waals surface area contributed by atoms with Crippen molar-refractivity contribution in [3.8, 4) is 12.3 Å². The van der Waals surface area contributed by atoms with Gasteiger partial charge in [0.25, 0.3) is 0 Å². The normalized spacial score (nSPS) is 10.9. The van der Waals surface area contributed by atoms with Gasteiger partial charge >= 0.3 is 0 Å². The van der Waals surface area contributed by atoms with Crippen molar-refractivity contribution >= 4 is 9.84 Å². The Hall–Kier alpha value is -1.31. The highest BCUT2D eigenvalue weighted by Crippen LogP contribution is 2.08. The fourth-order valence-corrected chi connectivity index (χ4v) is 2.26.